The van der Waals surface area contributed by atoms with Crippen LogP contribution in [0.3, 0.4) is 0 Å². The molecule has 0 bridgehead atoms. The van der Waals surface area contributed by atoms with Gasteiger partial charge < -0.3 is 10.1 Å². The summed E-state index contributed by atoms with van der Waals surface area (Å²) in [6.07, 6.45) is 2.08. The second-order valence-electron chi connectivity index (χ2n) is 4.14. The van der Waals surface area contributed by atoms with Crippen LogP contribution < -0.4 is 5.32 Å². The van der Waals surface area contributed by atoms with Gasteiger partial charge in [0.15, 0.2) is 0 Å². The standard InChI is InChI=1S/C12H15FN2O2/c13-11-5-1-4-10(15-11)12(16)14-7-9-3-2-6-17-8-9/h1,4-5,9H,2-3,6-8H2,(H,14,16). The Morgan fingerprint density at radius 1 is 1.59 bits per heavy atom. The van der Waals surface area contributed by atoms with E-state index in [0.717, 1.165) is 19.4 Å². The first-order valence-corrected chi connectivity index (χ1v) is 5.74. The van der Waals surface area contributed by atoms with Crippen LogP contribution in [0.5, 0.6) is 0 Å². The van der Waals surface area contributed by atoms with Crippen molar-refractivity contribution in [2.24, 2.45) is 5.92 Å². The molecule has 1 fully saturated rings. The zero-order chi connectivity index (χ0) is 12.1. The Balaban J connectivity index is 1.84. The van der Waals surface area contributed by atoms with Crippen LogP contribution >= 0.6 is 0 Å². The van der Waals surface area contributed by atoms with Gasteiger partial charge in [-0.15, -0.1) is 0 Å². The molecule has 92 valence electrons. The smallest absolute Gasteiger partial charge is 0.270 e. The zero-order valence-corrected chi connectivity index (χ0v) is 9.49. The molecule has 0 spiro atoms. The van der Waals surface area contributed by atoms with E-state index in [1.165, 1.54) is 18.2 Å². The second-order valence-corrected chi connectivity index (χ2v) is 4.14. The number of carbonyl (C=O) groups excluding carboxylic acids is 1. The molecule has 0 aliphatic carbocycles. The van der Waals surface area contributed by atoms with Crippen LogP contribution in [0, 0.1) is 11.9 Å². The largest absolute Gasteiger partial charge is 0.381 e. The number of hydrogen-bond acceptors (Lipinski definition) is 3. The van der Waals surface area contributed by atoms with Crippen LogP contribution in [0.2, 0.25) is 0 Å². The number of halogens is 1. The van der Waals surface area contributed by atoms with E-state index in [0.29, 0.717) is 19.1 Å². The van der Waals surface area contributed by atoms with Gasteiger partial charge in [-0.05, 0) is 30.9 Å². The van der Waals surface area contributed by atoms with Gasteiger partial charge in [0.1, 0.15) is 5.69 Å². The minimum absolute atomic E-state index is 0.113. The predicted molar refractivity (Wildman–Crippen MR) is 60.1 cm³/mol. The van der Waals surface area contributed by atoms with Crippen molar-refractivity contribution in [3.05, 3.63) is 29.8 Å². The van der Waals surface area contributed by atoms with Gasteiger partial charge in [-0.2, -0.15) is 4.39 Å². The lowest BCUT2D eigenvalue weighted by molar-refractivity contribution is 0.0535. The predicted octanol–water partition coefficient (Wildman–Crippen LogP) is 1.38. The molecule has 0 aromatic carbocycles. The molecule has 1 N–H and O–H groups in total. The van der Waals surface area contributed by atoms with Crippen LogP contribution in [0.15, 0.2) is 18.2 Å². The van der Waals surface area contributed by atoms with E-state index in [2.05, 4.69) is 10.3 Å². The topological polar surface area (TPSA) is 51.2 Å². The van der Waals surface area contributed by atoms with Crippen LogP contribution in [0.25, 0.3) is 0 Å². The van der Waals surface area contributed by atoms with Crippen molar-refractivity contribution in [1.82, 2.24) is 10.3 Å². The van der Waals surface area contributed by atoms with Crippen LogP contribution in [-0.2, 0) is 4.74 Å². The summed E-state index contributed by atoms with van der Waals surface area (Å²) in [6.45, 7) is 2.03. The third kappa shape index (κ3) is 3.49. The summed E-state index contributed by atoms with van der Waals surface area (Å²) >= 11 is 0. The summed E-state index contributed by atoms with van der Waals surface area (Å²) in [5.74, 6) is -0.630. The Bertz CT molecular complexity index is 392. The van der Waals surface area contributed by atoms with E-state index in [1.807, 2.05) is 0 Å². The number of hydrogen-bond donors (Lipinski definition) is 1. The minimum atomic E-state index is -0.640. The number of ether oxygens (including phenoxy) is 1. The SMILES string of the molecule is O=C(NCC1CCCOC1)c1cccc(F)n1. The molecule has 17 heavy (non-hydrogen) atoms. The Kier molecular flexibility index (Phi) is 4.03. The Morgan fingerprint density at radius 3 is 3.18 bits per heavy atom. The van der Waals surface area contributed by atoms with E-state index in [4.69, 9.17) is 4.74 Å². The lowest BCUT2D eigenvalue weighted by Gasteiger charge is -2.22. The molecule has 1 aromatic heterocycles. The van der Waals surface area contributed by atoms with E-state index in [9.17, 15) is 9.18 Å². The van der Waals surface area contributed by atoms with E-state index < -0.39 is 5.95 Å². The molecule has 0 radical (unpaired) electrons. The maximum absolute atomic E-state index is 12.8. The van der Waals surface area contributed by atoms with Gasteiger partial charge in [0.05, 0.1) is 6.61 Å². The fraction of sp³-hybridized carbons (Fsp3) is 0.500. The first-order chi connectivity index (χ1) is 8.25. The lowest BCUT2D eigenvalue weighted by atomic mass is 10.0. The van der Waals surface area contributed by atoms with Crippen molar-refractivity contribution in [1.29, 1.82) is 0 Å². The molecule has 1 saturated heterocycles. The Morgan fingerprint density at radius 2 is 2.47 bits per heavy atom. The average molecular weight is 238 g/mol. The lowest BCUT2D eigenvalue weighted by Crippen LogP contribution is -2.33. The van der Waals surface area contributed by atoms with Crippen LogP contribution in [-0.4, -0.2) is 30.6 Å². The summed E-state index contributed by atoms with van der Waals surface area (Å²) < 4.78 is 18.1. The highest BCUT2D eigenvalue weighted by Crippen LogP contribution is 2.12. The molecule has 1 amide bonds. The van der Waals surface area contributed by atoms with Crippen molar-refractivity contribution in [2.45, 2.75) is 12.8 Å². The molecule has 1 aliphatic heterocycles. The molecule has 1 atom stereocenters. The fourth-order valence-electron chi connectivity index (χ4n) is 1.83. The van der Waals surface area contributed by atoms with Gasteiger partial charge in [0.25, 0.3) is 5.91 Å². The molecule has 5 heteroatoms. The summed E-state index contributed by atoms with van der Waals surface area (Å²) in [7, 11) is 0. The third-order valence-electron chi connectivity index (χ3n) is 2.75. The molecule has 2 rings (SSSR count). The number of rotatable bonds is 3. The number of aromatic nitrogens is 1. The van der Waals surface area contributed by atoms with Gasteiger partial charge in [0, 0.05) is 13.2 Å². The monoisotopic (exact) mass is 238 g/mol. The zero-order valence-electron chi connectivity index (χ0n) is 9.49. The molecule has 1 unspecified atom stereocenters. The highest BCUT2D eigenvalue weighted by atomic mass is 19.1. The summed E-state index contributed by atoms with van der Waals surface area (Å²) in [5, 5.41) is 2.75. The molecule has 2 heterocycles. The fourth-order valence-corrected chi connectivity index (χ4v) is 1.83. The van der Waals surface area contributed by atoms with E-state index in [1.54, 1.807) is 0 Å². The number of carbonyl (C=O) groups is 1. The Hall–Kier alpha value is -1.49. The van der Waals surface area contributed by atoms with Gasteiger partial charge >= 0.3 is 0 Å². The van der Waals surface area contributed by atoms with Gasteiger partial charge in [-0.25, -0.2) is 4.98 Å². The van der Waals surface area contributed by atoms with Crippen molar-refractivity contribution < 1.29 is 13.9 Å². The molecule has 0 saturated carbocycles. The average Bonchev–Trinajstić information content (AvgIpc) is 2.37. The maximum atomic E-state index is 12.8. The van der Waals surface area contributed by atoms with Crippen LogP contribution in [0.4, 0.5) is 4.39 Å². The molecule has 1 aromatic rings. The quantitative estimate of drug-likeness (QED) is 0.809. The molecule has 4 nitrogen and oxygen atoms in total. The van der Waals surface area contributed by atoms with Crippen LogP contribution in [0.1, 0.15) is 23.3 Å². The summed E-state index contributed by atoms with van der Waals surface area (Å²) in [6, 6.07) is 4.18. The normalized spacial score (nSPS) is 19.9. The Labute approximate surface area is 99.2 Å². The third-order valence-corrected chi connectivity index (χ3v) is 2.75. The number of nitrogens with one attached hydrogen (secondary N) is 1. The first kappa shape index (κ1) is 12.0. The minimum Gasteiger partial charge on any atom is -0.381 e. The summed E-state index contributed by atoms with van der Waals surface area (Å²) in [5.41, 5.74) is 0.113. The molecule has 1 aliphatic rings. The highest BCUT2D eigenvalue weighted by Gasteiger charge is 2.15. The van der Waals surface area contributed by atoms with Crippen molar-refractivity contribution in [2.75, 3.05) is 19.8 Å². The van der Waals surface area contributed by atoms with Crippen molar-refractivity contribution in [3.8, 4) is 0 Å². The van der Waals surface area contributed by atoms with Crippen molar-refractivity contribution >= 4 is 5.91 Å². The van der Waals surface area contributed by atoms with Gasteiger partial charge in [0.2, 0.25) is 5.95 Å². The highest BCUT2D eigenvalue weighted by molar-refractivity contribution is 5.92. The number of nitrogens with zero attached hydrogens (tertiary/aromatic N) is 1. The van der Waals surface area contributed by atoms with E-state index in [-0.39, 0.29) is 11.6 Å². The van der Waals surface area contributed by atoms with Gasteiger partial charge in [-0.1, -0.05) is 6.07 Å². The molecular weight excluding hydrogens is 223 g/mol. The van der Waals surface area contributed by atoms with E-state index >= 15 is 0 Å². The second kappa shape index (κ2) is 5.72. The number of amides is 1. The first-order valence-electron chi connectivity index (χ1n) is 5.74. The van der Waals surface area contributed by atoms with Crippen molar-refractivity contribution in [3.63, 3.8) is 0 Å². The summed E-state index contributed by atoms with van der Waals surface area (Å²) in [4.78, 5) is 15.2. The number of pyridine rings is 1. The van der Waals surface area contributed by atoms with Gasteiger partial charge in [-0.3, -0.25) is 4.79 Å². The molecular formula is C12H15FN2O2. The maximum Gasteiger partial charge on any atom is 0.270 e.